The van der Waals surface area contributed by atoms with E-state index in [1.54, 1.807) is 0 Å². The van der Waals surface area contributed by atoms with Crippen molar-refractivity contribution in [1.29, 1.82) is 0 Å². The summed E-state index contributed by atoms with van der Waals surface area (Å²) in [6, 6.07) is 7.10. The van der Waals surface area contributed by atoms with E-state index in [4.69, 9.17) is 26.8 Å². The summed E-state index contributed by atoms with van der Waals surface area (Å²) in [5, 5.41) is 0. The summed E-state index contributed by atoms with van der Waals surface area (Å²) in [6.07, 6.45) is 0. The zero-order valence-electron chi connectivity index (χ0n) is 13.4. The van der Waals surface area contributed by atoms with Gasteiger partial charge in [0, 0.05) is 6.07 Å². The summed E-state index contributed by atoms with van der Waals surface area (Å²) in [5.41, 5.74) is 6.02. The Bertz CT molecular complexity index is 849. The zero-order chi connectivity index (χ0) is 18.4. The Labute approximate surface area is 149 Å². The number of sulfonamides is 1. The number of aliphatic imine (C=N–C) groups is 1. The molecule has 0 bridgehead atoms. The molecule has 2 rings (SSSR count). The molecule has 0 aliphatic rings. The standard InChI is InChI=1S/C14H16ClN5O4S/c1-23-13-7-12(18-14(19-13)24-2)20-25(21,22)10-5-3-9(4-6-10)17-11(16)8-15/h3-7H,8H2,1-2H3,(H2,16,17)(H,18,19,20). The van der Waals surface area contributed by atoms with Crippen molar-refractivity contribution >= 4 is 39.0 Å². The molecule has 0 aliphatic heterocycles. The first-order chi connectivity index (χ1) is 11.9. The summed E-state index contributed by atoms with van der Waals surface area (Å²) in [7, 11) is -1.12. The number of ether oxygens (including phenoxy) is 2. The molecule has 0 spiro atoms. The van der Waals surface area contributed by atoms with Crippen LogP contribution in [0.5, 0.6) is 11.9 Å². The van der Waals surface area contributed by atoms with Crippen molar-refractivity contribution in [2.75, 3.05) is 24.8 Å². The lowest BCUT2D eigenvalue weighted by Gasteiger charge is -2.09. The van der Waals surface area contributed by atoms with Crippen molar-refractivity contribution < 1.29 is 17.9 Å². The summed E-state index contributed by atoms with van der Waals surface area (Å²) in [5.74, 6) is 0.484. The lowest BCUT2D eigenvalue weighted by molar-refractivity contribution is 0.353. The number of nitrogens with one attached hydrogen (secondary N) is 1. The largest absolute Gasteiger partial charge is 0.481 e. The van der Waals surface area contributed by atoms with E-state index in [-0.39, 0.29) is 34.3 Å². The number of nitrogens with zero attached hydrogens (tertiary/aromatic N) is 3. The molecular weight excluding hydrogens is 370 g/mol. The minimum atomic E-state index is -3.87. The molecule has 11 heteroatoms. The second-order valence-electron chi connectivity index (χ2n) is 4.62. The number of halogens is 1. The Kier molecular flexibility index (Phi) is 5.99. The molecule has 0 unspecified atom stereocenters. The lowest BCUT2D eigenvalue weighted by atomic mass is 10.3. The van der Waals surface area contributed by atoms with Gasteiger partial charge in [0.2, 0.25) is 5.88 Å². The van der Waals surface area contributed by atoms with Gasteiger partial charge in [0.1, 0.15) is 5.84 Å². The molecule has 3 N–H and O–H groups in total. The van der Waals surface area contributed by atoms with E-state index in [9.17, 15) is 8.42 Å². The molecule has 9 nitrogen and oxygen atoms in total. The number of nitrogens with two attached hydrogens (primary N) is 1. The molecule has 0 saturated carbocycles. The van der Waals surface area contributed by atoms with Crippen LogP contribution in [0, 0.1) is 0 Å². The van der Waals surface area contributed by atoms with E-state index in [0.29, 0.717) is 5.69 Å². The van der Waals surface area contributed by atoms with E-state index in [1.807, 2.05) is 0 Å². The van der Waals surface area contributed by atoms with Crippen LogP contribution in [0.2, 0.25) is 0 Å². The Hall–Kier alpha value is -2.59. The highest BCUT2D eigenvalue weighted by molar-refractivity contribution is 7.92. The summed E-state index contributed by atoms with van der Waals surface area (Å²) < 4.78 is 37.1. The minimum absolute atomic E-state index is 0.0113. The summed E-state index contributed by atoms with van der Waals surface area (Å²) in [4.78, 5) is 11.9. The van der Waals surface area contributed by atoms with Crippen LogP contribution in [0.15, 0.2) is 40.2 Å². The van der Waals surface area contributed by atoms with Crippen LogP contribution in [0.25, 0.3) is 0 Å². The number of anilines is 1. The monoisotopic (exact) mass is 385 g/mol. The van der Waals surface area contributed by atoms with Crippen molar-refractivity contribution in [3.63, 3.8) is 0 Å². The molecule has 1 aromatic carbocycles. The van der Waals surface area contributed by atoms with Crippen LogP contribution in [0.3, 0.4) is 0 Å². The highest BCUT2D eigenvalue weighted by atomic mass is 35.5. The number of amidine groups is 1. The van der Waals surface area contributed by atoms with E-state index >= 15 is 0 Å². The number of aromatic nitrogens is 2. The average molecular weight is 386 g/mol. The van der Waals surface area contributed by atoms with Crippen molar-refractivity contribution in [3.05, 3.63) is 30.3 Å². The fraction of sp³-hybridized carbons (Fsp3) is 0.214. The quantitative estimate of drug-likeness (QED) is 0.420. The maximum Gasteiger partial charge on any atom is 0.321 e. The van der Waals surface area contributed by atoms with Crippen molar-refractivity contribution in [2.45, 2.75) is 4.90 Å². The number of benzene rings is 1. The fourth-order valence-corrected chi connectivity index (χ4v) is 2.80. The van der Waals surface area contributed by atoms with E-state index in [2.05, 4.69) is 19.7 Å². The third-order valence-electron chi connectivity index (χ3n) is 2.87. The lowest BCUT2D eigenvalue weighted by Crippen LogP contribution is -2.14. The Morgan fingerprint density at radius 3 is 2.48 bits per heavy atom. The smallest absolute Gasteiger partial charge is 0.321 e. The van der Waals surface area contributed by atoms with E-state index in [1.165, 1.54) is 44.6 Å². The van der Waals surface area contributed by atoms with Crippen molar-refractivity contribution in [3.8, 4) is 11.9 Å². The highest BCUT2D eigenvalue weighted by Crippen LogP contribution is 2.22. The molecule has 0 amide bonds. The van der Waals surface area contributed by atoms with Crippen LogP contribution in [-0.4, -0.2) is 44.3 Å². The van der Waals surface area contributed by atoms with Gasteiger partial charge < -0.3 is 15.2 Å². The number of hydrogen-bond donors (Lipinski definition) is 2. The Balaban J connectivity index is 2.27. The molecule has 25 heavy (non-hydrogen) atoms. The second kappa shape index (κ2) is 7.99. The van der Waals surface area contributed by atoms with Crippen LogP contribution < -0.4 is 19.9 Å². The zero-order valence-corrected chi connectivity index (χ0v) is 15.0. The van der Waals surface area contributed by atoms with Crippen LogP contribution in [-0.2, 0) is 10.0 Å². The molecular formula is C14H16ClN5O4S. The van der Waals surface area contributed by atoms with Crippen LogP contribution in [0.4, 0.5) is 11.5 Å². The van der Waals surface area contributed by atoms with E-state index < -0.39 is 10.0 Å². The molecule has 134 valence electrons. The molecule has 2 aromatic rings. The minimum Gasteiger partial charge on any atom is -0.481 e. The van der Waals surface area contributed by atoms with Crippen LogP contribution >= 0.6 is 11.6 Å². The van der Waals surface area contributed by atoms with Crippen molar-refractivity contribution in [1.82, 2.24) is 9.97 Å². The number of rotatable bonds is 7. The molecule has 0 aliphatic carbocycles. The topological polar surface area (TPSA) is 129 Å². The molecule has 1 aromatic heterocycles. The van der Waals surface area contributed by atoms with Crippen LogP contribution in [0.1, 0.15) is 0 Å². The van der Waals surface area contributed by atoms with Gasteiger partial charge in [-0.25, -0.2) is 13.4 Å². The third-order valence-corrected chi connectivity index (χ3v) is 4.51. The summed E-state index contributed by atoms with van der Waals surface area (Å²) >= 11 is 5.55. The number of alkyl halides is 1. The van der Waals surface area contributed by atoms with Gasteiger partial charge in [-0.05, 0) is 24.3 Å². The van der Waals surface area contributed by atoms with Gasteiger partial charge >= 0.3 is 6.01 Å². The molecule has 1 heterocycles. The first-order valence-corrected chi connectivity index (χ1v) is 8.88. The van der Waals surface area contributed by atoms with Gasteiger partial charge in [0.05, 0.1) is 30.7 Å². The first-order valence-electron chi connectivity index (χ1n) is 6.87. The molecule has 0 radical (unpaired) electrons. The summed E-state index contributed by atoms with van der Waals surface area (Å²) in [6.45, 7) is 0. The van der Waals surface area contributed by atoms with Crippen molar-refractivity contribution in [2.24, 2.45) is 10.7 Å². The van der Waals surface area contributed by atoms with Gasteiger partial charge in [0.25, 0.3) is 10.0 Å². The number of hydrogen-bond acceptors (Lipinski definition) is 7. The SMILES string of the molecule is COc1cc(NS(=O)(=O)c2ccc(N=C(N)CCl)cc2)nc(OC)n1. The molecule has 0 saturated heterocycles. The van der Waals surface area contributed by atoms with Gasteiger partial charge in [0.15, 0.2) is 5.82 Å². The Morgan fingerprint density at radius 2 is 1.92 bits per heavy atom. The normalized spacial score (nSPS) is 11.9. The fourth-order valence-electron chi connectivity index (χ4n) is 1.74. The van der Waals surface area contributed by atoms with Gasteiger partial charge in [-0.1, -0.05) is 0 Å². The Morgan fingerprint density at radius 1 is 1.24 bits per heavy atom. The average Bonchev–Trinajstić information content (AvgIpc) is 2.61. The predicted molar refractivity (Wildman–Crippen MR) is 94.4 cm³/mol. The molecule has 0 fully saturated rings. The predicted octanol–water partition coefficient (Wildman–Crippen LogP) is 1.52. The first kappa shape index (κ1) is 18.7. The van der Waals surface area contributed by atoms with Gasteiger partial charge in [-0.2, -0.15) is 9.97 Å². The van der Waals surface area contributed by atoms with Gasteiger partial charge in [-0.3, -0.25) is 4.72 Å². The highest BCUT2D eigenvalue weighted by Gasteiger charge is 2.16. The second-order valence-corrected chi connectivity index (χ2v) is 6.57. The molecule has 0 atom stereocenters. The maximum absolute atomic E-state index is 12.5. The van der Waals surface area contributed by atoms with E-state index in [0.717, 1.165) is 0 Å². The third kappa shape index (κ3) is 4.94. The maximum atomic E-state index is 12.5. The number of methoxy groups -OCH3 is 2. The van der Waals surface area contributed by atoms with Gasteiger partial charge in [-0.15, -0.1) is 11.6 Å².